The Kier molecular flexibility index (Phi) is 12.7. The Bertz CT molecular complexity index is 592. The molecular formula is C21H40N4O2S2. The molecule has 0 aliphatic heterocycles. The molecule has 0 aliphatic rings. The maximum atomic E-state index is 12.5. The van der Waals surface area contributed by atoms with E-state index in [0.717, 1.165) is 49.9 Å². The summed E-state index contributed by atoms with van der Waals surface area (Å²) in [5.41, 5.74) is 0. The lowest BCUT2D eigenvalue weighted by Gasteiger charge is -2.37. The molecule has 1 unspecified atom stereocenters. The van der Waals surface area contributed by atoms with Crippen molar-refractivity contribution < 1.29 is 8.63 Å². The van der Waals surface area contributed by atoms with Crippen molar-refractivity contribution in [2.75, 3.05) is 66.7 Å². The molecule has 1 rings (SSSR count). The first-order valence-corrected chi connectivity index (χ1v) is 12.3. The Hall–Kier alpha value is -0.960. The van der Waals surface area contributed by atoms with Crippen LogP contribution in [0.4, 0.5) is 0 Å². The number of nitrogens with zero attached hydrogens (tertiary/aromatic N) is 4. The van der Waals surface area contributed by atoms with E-state index in [-0.39, 0.29) is 0 Å². The van der Waals surface area contributed by atoms with E-state index in [2.05, 4.69) is 61.6 Å². The summed E-state index contributed by atoms with van der Waals surface area (Å²) in [4.78, 5) is 8.94. The highest BCUT2D eigenvalue weighted by molar-refractivity contribution is 7.84. The Labute approximate surface area is 185 Å². The van der Waals surface area contributed by atoms with Crippen molar-refractivity contribution in [2.45, 2.75) is 38.5 Å². The predicted molar refractivity (Wildman–Crippen MR) is 128 cm³/mol. The fourth-order valence-electron chi connectivity index (χ4n) is 3.03. The fourth-order valence-corrected chi connectivity index (χ4v) is 4.57. The Morgan fingerprint density at radius 1 is 1.03 bits per heavy atom. The van der Waals surface area contributed by atoms with Crippen LogP contribution in [-0.4, -0.2) is 102 Å². The third kappa shape index (κ3) is 11.1. The van der Waals surface area contributed by atoms with E-state index in [1.807, 2.05) is 12.1 Å². The number of hydrogen-bond donors (Lipinski definition) is 0. The van der Waals surface area contributed by atoms with Crippen molar-refractivity contribution in [3.8, 4) is 0 Å². The molecule has 1 aromatic heterocycles. The standard InChI is InChI=1S/C21H40N4O2S2/c1-19(2)25(14-9-12-23(5)6)21(28)24(13-8-11-22(3)4)15-17-29(26)18-20-10-7-16-27-20/h7,10,16,19H,8-9,11-15,17-18H2,1-6H3. The Morgan fingerprint density at radius 2 is 1.66 bits per heavy atom. The second-order valence-corrected chi connectivity index (χ2v) is 10.2. The molecule has 168 valence electrons. The monoisotopic (exact) mass is 444 g/mol. The van der Waals surface area contributed by atoms with E-state index in [4.69, 9.17) is 16.6 Å². The highest BCUT2D eigenvalue weighted by Gasteiger charge is 2.20. The predicted octanol–water partition coefficient (Wildman–Crippen LogP) is 2.73. The number of thiocarbonyl (C=S) groups is 1. The molecule has 1 heterocycles. The molecule has 0 N–H and O–H groups in total. The third-order valence-electron chi connectivity index (χ3n) is 4.65. The van der Waals surface area contributed by atoms with Crippen molar-refractivity contribution in [3.05, 3.63) is 24.2 Å². The van der Waals surface area contributed by atoms with Crippen molar-refractivity contribution in [2.24, 2.45) is 0 Å². The Balaban J connectivity index is 2.70. The quantitative estimate of drug-likeness (QED) is 0.409. The van der Waals surface area contributed by atoms with Crippen molar-refractivity contribution in [1.82, 2.24) is 19.6 Å². The van der Waals surface area contributed by atoms with Crippen LogP contribution in [0.1, 0.15) is 32.4 Å². The average molecular weight is 445 g/mol. The molecular weight excluding hydrogens is 404 g/mol. The van der Waals surface area contributed by atoms with Gasteiger partial charge in [0.15, 0.2) is 5.11 Å². The summed E-state index contributed by atoms with van der Waals surface area (Å²) in [6, 6.07) is 4.06. The summed E-state index contributed by atoms with van der Waals surface area (Å²) in [6.07, 6.45) is 3.73. The van der Waals surface area contributed by atoms with Gasteiger partial charge >= 0.3 is 0 Å². The van der Waals surface area contributed by atoms with Gasteiger partial charge in [-0.1, -0.05) is 0 Å². The van der Waals surface area contributed by atoms with E-state index in [1.165, 1.54) is 0 Å². The lowest BCUT2D eigenvalue weighted by atomic mass is 10.3. The van der Waals surface area contributed by atoms with Gasteiger partial charge in [-0.05, 0) is 92.3 Å². The highest BCUT2D eigenvalue weighted by atomic mass is 32.2. The van der Waals surface area contributed by atoms with Gasteiger partial charge in [0.2, 0.25) is 0 Å². The minimum absolute atomic E-state index is 0.342. The molecule has 8 heteroatoms. The summed E-state index contributed by atoms with van der Waals surface area (Å²) in [5, 5.41) is 0.882. The van der Waals surface area contributed by atoms with E-state index >= 15 is 0 Å². The minimum atomic E-state index is -0.967. The van der Waals surface area contributed by atoms with Crippen LogP contribution >= 0.6 is 12.2 Å². The molecule has 1 atom stereocenters. The second kappa shape index (κ2) is 14.1. The zero-order valence-corrected chi connectivity index (χ0v) is 20.7. The molecule has 6 nitrogen and oxygen atoms in total. The molecule has 0 bridgehead atoms. The largest absolute Gasteiger partial charge is 0.468 e. The molecule has 0 spiro atoms. The number of rotatable bonds is 14. The van der Waals surface area contributed by atoms with Crippen LogP contribution in [0.15, 0.2) is 22.8 Å². The van der Waals surface area contributed by atoms with Gasteiger partial charge in [-0.3, -0.25) is 4.21 Å². The highest BCUT2D eigenvalue weighted by Crippen LogP contribution is 2.10. The first kappa shape index (κ1) is 26.1. The molecule has 0 amide bonds. The zero-order chi connectivity index (χ0) is 21.8. The number of furan rings is 1. The smallest absolute Gasteiger partial charge is 0.171 e. The van der Waals surface area contributed by atoms with E-state index in [0.29, 0.717) is 24.1 Å². The van der Waals surface area contributed by atoms with Crippen LogP contribution < -0.4 is 0 Å². The lowest BCUT2D eigenvalue weighted by molar-refractivity contribution is 0.269. The van der Waals surface area contributed by atoms with E-state index in [9.17, 15) is 4.21 Å². The van der Waals surface area contributed by atoms with Crippen LogP contribution in [-0.2, 0) is 16.6 Å². The van der Waals surface area contributed by atoms with Crippen molar-refractivity contribution >= 4 is 28.1 Å². The van der Waals surface area contributed by atoms with Gasteiger partial charge in [-0.15, -0.1) is 0 Å². The summed E-state index contributed by atoms with van der Waals surface area (Å²) in [6.45, 7) is 8.96. The van der Waals surface area contributed by atoms with Gasteiger partial charge < -0.3 is 24.0 Å². The summed E-state index contributed by atoms with van der Waals surface area (Å²) >= 11 is 5.91. The second-order valence-electron chi connectivity index (χ2n) is 8.24. The molecule has 0 aromatic carbocycles. The van der Waals surface area contributed by atoms with Gasteiger partial charge in [-0.2, -0.15) is 0 Å². The lowest BCUT2D eigenvalue weighted by Crippen LogP contribution is -2.48. The first-order valence-electron chi connectivity index (χ1n) is 10.4. The molecule has 0 saturated carbocycles. The summed E-state index contributed by atoms with van der Waals surface area (Å²) in [7, 11) is 7.40. The van der Waals surface area contributed by atoms with Crippen LogP contribution in [0.2, 0.25) is 0 Å². The first-order chi connectivity index (χ1) is 13.7. The van der Waals surface area contributed by atoms with Gasteiger partial charge in [0.25, 0.3) is 0 Å². The topological polar surface area (TPSA) is 43.2 Å². The SMILES string of the molecule is CC(C)N(CCCN(C)C)C(=S)N(CCCN(C)C)CCS(=O)Cc1ccco1. The molecule has 0 fully saturated rings. The molecule has 29 heavy (non-hydrogen) atoms. The molecule has 1 aromatic rings. The van der Waals surface area contributed by atoms with Crippen LogP contribution in [0, 0.1) is 0 Å². The maximum absolute atomic E-state index is 12.5. The average Bonchev–Trinajstić information content (AvgIpc) is 3.13. The molecule has 0 aliphatic carbocycles. The normalized spacial score (nSPS) is 12.7. The van der Waals surface area contributed by atoms with Crippen LogP contribution in [0.25, 0.3) is 0 Å². The van der Waals surface area contributed by atoms with Crippen molar-refractivity contribution in [3.63, 3.8) is 0 Å². The van der Waals surface area contributed by atoms with Gasteiger partial charge in [0.1, 0.15) is 5.76 Å². The van der Waals surface area contributed by atoms with E-state index < -0.39 is 10.8 Å². The minimum Gasteiger partial charge on any atom is -0.468 e. The van der Waals surface area contributed by atoms with E-state index in [1.54, 1.807) is 6.26 Å². The van der Waals surface area contributed by atoms with Crippen LogP contribution in [0.3, 0.4) is 0 Å². The fraction of sp³-hybridized carbons (Fsp3) is 0.762. The third-order valence-corrected chi connectivity index (χ3v) is 6.39. The maximum Gasteiger partial charge on any atom is 0.171 e. The summed E-state index contributed by atoms with van der Waals surface area (Å²) in [5.74, 6) is 1.83. The summed E-state index contributed by atoms with van der Waals surface area (Å²) < 4.78 is 17.9. The molecule has 0 saturated heterocycles. The van der Waals surface area contributed by atoms with Gasteiger partial charge in [-0.25, -0.2) is 0 Å². The zero-order valence-electron chi connectivity index (χ0n) is 19.1. The molecule has 0 radical (unpaired) electrons. The number of hydrogen-bond acceptors (Lipinski definition) is 5. The van der Waals surface area contributed by atoms with Gasteiger partial charge in [0, 0.05) is 42.2 Å². The van der Waals surface area contributed by atoms with Crippen molar-refractivity contribution in [1.29, 1.82) is 0 Å². The Morgan fingerprint density at radius 3 is 2.17 bits per heavy atom. The van der Waals surface area contributed by atoms with Crippen LogP contribution in [0.5, 0.6) is 0 Å². The van der Waals surface area contributed by atoms with Gasteiger partial charge in [0.05, 0.1) is 12.0 Å².